The average Bonchev–Trinajstić information content (AvgIpc) is 3.26. The number of rotatable bonds is 4. The number of pyridine rings is 1. The van der Waals surface area contributed by atoms with E-state index >= 15 is 4.39 Å². The van der Waals surface area contributed by atoms with Gasteiger partial charge in [-0.1, -0.05) is 5.16 Å². The van der Waals surface area contributed by atoms with Crippen molar-refractivity contribution < 1.29 is 8.91 Å². The van der Waals surface area contributed by atoms with Crippen LogP contribution >= 0.6 is 0 Å². The molecule has 1 fully saturated rings. The minimum atomic E-state index is -1.63. The third-order valence-electron chi connectivity index (χ3n) is 4.42. The highest BCUT2D eigenvalue weighted by Crippen LogP contribution is 2.35. The van der Waals surface area contributed by atoms with E-state index in [-0.39, 0.29) is 12.4 Å². The van der Waals surface area contributed by atoms with Crippen LogP contribution in [0.25, 0.3) is 11.4 Å². The summed E-state index contributed by atoms with van der Waals surface area (Å²) in [5.74, 6) is 0.409. The lowest BCUT2D eigenvalue weighted by Crippen LogP contribution is -2.43. The molecular formula is C17H19FN6O. The molecule has 130 valence electrons. The molecule has 0 spiro atoms. The molecule has 0 aliphatic carbocycles. The topological polar surface area (TPSA) is 72.9 Å². The monoisotopic (exact) mass is 342 g/mol. The van der Waals surface area contributed by atoms with Gasteiger partial charge in [-0.3, -0.25) is 14.6 Å². The number of aromatic nitrogens is 5. The van der Waals surface area contributed by atoms with Crippen LogP contribution in [0, 0.1) is 0 Å². The SMILES string of the molecule is Cn1cc(CN2CCCC(F)(c3nc(-c4cccnc4)no3)C2)cn1. The Morgan fingerprint density at radius 2 is 2.28 bits per heavy atom. The fourth-order valence-electron chi connectivity index (χ4n) is 3.23. The van der Waals surface area contributed by atoms with Gasteiger partial charge in [0.05, 0.1) is 6.20 Å². The summed E-state index contributed by atoms with van der Waals surface area (Å²) in [6.45, 7) is 1.73. The average molecular weight is 342 g/mol. The van der Waals surface area contributed by atoms with Crippen LogP contribution in [0.4, 0.5) is 4.39 Å². The Labute approximate surface area is 144 Å². The first-order valence-electron chi connectivity index (χ1n) is 8.26. The van der Waals surface area contributed by atoms with Crippen LogP contribution in [0.1, 0.15) is 24.3 Å². The molecule has 1 saturated heterocycles. The van der Waals surface area contributed by atoms with Gasteiger partial charge in [-0.25, -0.2) is 4.39 Å². The lowest BCUT2D eigenvalue weighted by atomic mass is 9.94. The van der Waals surface area contributed by atoms with Gasteiger partial charge >= 0.3 is 0 Å². The molecule has 4 rings (SSSR count). The first-order chi connectivity index (χ1) is 12.1. The molecule has 7 nitrogen and oxygen atoms in total. The molecule has 1 atom stereocenters. The molecule has 1 aliphatic rings. The van der Waals surface area contributed by atoms with Crippen LogP contribution in [0.3, 0.4) is 0 Å². The molecule has 25 heavy (non-hydrogen) atoms. The Balaban J connectivity index is 1.52. The highest BCUT2D eigenvalue weighted by molar-refractivity contribution is 5.52. The largest absolute Gasteiger partial charge is 0.335 e. The van der Waals surface area contributed by atoms with Gasteiger partial charge in [0.1, 0.15) is 0 Å². The van der Waals surface area contributed by atoms with E-state index in [1.54, 1.807) is 23.1 Å². The van der Waals surface area contributed by atoms with Crippen molar-refractivity contribution in [3.05, 3.63) is 48.4 Å². The molecule has 4 heterocycles. The normalized spacial score (nSPS) is 21.5. The molecule has 1 aliphatic heterocycles. The summed E-state index contributed by atoms with van der Waals surface area (Å²) < 4.78 is 22.5. The summed E-state index contributed by atoms with van der Waals surface area (Å²) in [5.41, 5.74) is 0.144. The van der Waals surface area contributed by atoms with Gasteiger partial charge in [-0.2, -0.15) is 10.1 Å². The highest BCUT2D eigenvalue weighted by atomic mass is 19.1. The van der Waals surface area contributed by atoms with Gasteiger partial charge < -0.3 is 4.52 Å². The molecule has 0 amide bonds. The van der Waals surface area contributed by atoms with E-state index in [0.29, 0.717) is 24.4 Å². The number of aryl methyl sites for hydroxylation is 1. The van der Waals surface area contributed by atoms with Crippen molar-refractivity contribution in [2.75, 3.05) is 13.1 Å². The summed E-state index contributed by atoms with van der Waals surface area (Å²) >= 11 is 0. The molecular weight excluding hydrogens is 323 g/mol. The Bertz CT molecular complexity index is 848. The summed E-state index contributed by atoms with van der Waals surface area (Å²) in [5, 5.41) is 8.08. The summed E-state index contributed by atoms with van der Waals surface area (Å²) in [6, 6.07) is 3.61. The van der Waals surface area contributed by atoms with Gasteiger partial charge in [-0.05, 0) is 31.5 Å². The Morgan fingerprint density at radius 3 is 3.04 bits per heavy atom. The number of hydrogen-bond acceptors (Lipinski definition) is 6. The second kappa shape index (κ2) is 6.36. The number of likely N-dealkylation sites (tertiary alicyclic amines) is 1. The first-order valence-corrected chi connectivity index (χ1v) is 8.26. The third kappa shape index (κ3) is 3.30. The zero-order valence-electron chi connectivity index (χ0n) is 14.0. The van der Waals surface area contributed by atoms with Crippen molar-refractivity contribution in [1.82, 2.24) is 29.8 Å². The number of alkyl halides is 1. The van der Waals surface area contributed by atoms with E-state index in [2.05, 4.69) is 25.1 Å². The number of nitrogens with zero attached hydrogens (tertiary/aromatic N) is 6. The molecule has 0 aromatic carbocycles. The molecule has 8 heteroatoms. The summed E-state index contributed by atoms with van der Waals surface area (Å²) in [4.78, 5) is 10.4. The first kappa shape index (κ1) is 15.9. The fraction of sp³-hybridized carbons (Fsp3) is 0.412. The lowest BCUT2D eigenvalue weighted by Gasteiger charge is -2.34. The minimum Gasteiger partial charge on any atom is -0.335 e. The van der Waals surface area contributed by atoms with Gasteiger partial charge in [0, 0.05) is 49.9 Å². The quantitative estimate of drug-likeness (QED) is 0.724. The van der Waals surface area contributed by atoms with Crippen LogP contribution < -0.4 is 0 Å². The van der Waals surface area contributed by atoms with Crippen molar-refractivity contribution in [1.29, 1.82) is 0 Å². The van der Waals surface area contributed by atoms with E-state index in [9.17, 15) is 0 Å². The van der Waals surface area contributed by atoms with Crippen molar-refractivity contribution in [2.24, 2.45) is 7.05 Å². The second-order valence-corrected chi connectivity index (χ2v) is 6.47. The number of hydrogen-bond donors (Lipinski definition) is 0. The number of piperidine rings is 1. The van der Waals surface area contributed by atoms with Crippen molar-refractivity contribution >= 4 is 0 Å². The van der Waals surface area contributed by atoms with Gasteiger partial charge in [-0.15, -0.1) is 0 Å². The zero-order chi connectivity index (χ0) is 17.3. The summed E-state index contributed by atoms with van der Waals surface area (Å²) in [6.07, 6.45) is 8.17. The van der Waals surface area contributed by atoms with Crippen molar-refractivity contribution in [3.63, 3.8) is 0 Å². The van der Waals surface area contributed by atoms with E-state index in [0.717, 1.165) is 18.5 Å². The fourth-order valence-corrected chi connectivity index (χ4v) is 3.23. The van der Waals surface area contributed by atoms with E-state index in [1.165, 1.54) is 0 Å². The van der Waals surface area contributed by atoms with Crippen LogP contribution in [-0.2, 0) is 19.3 Å². The Kier molecular flexibility index (Phi) is 4.04. The predicted octanol–water partition coefficient (Wildman–Crippen LogP) is 2.33. The molecule has 3 aromatic heterocycles. The van der Waals surface area contributed by atoms with Crippen LogP contribution in [0.2, 0.25) is 0 Å². The maximum absolute atomic E-state index is 15.5. The maximum atomic E-state index is 15.5. The van der Waals surface area contributed by atoms with E-state index in [1.807, 2.05) is 25.5 Å². The molecule has 1 unspecified atom stereocenters. The van der Waals surface area contributed by atoms with Gasteiger partial charge in [0.25, 0.3) is 5.89 Å². The van der Waals surface area contributed by atoms with Crippen LogP contribution in [0.5, 0.6) is 0 Å². The standard InChI is InChI=1S/C17H19FN6O/c1-23-10-13(8-20-23)11-24-7-3-5-17(18,12-24)16-21-15(22-25-16)14-4-2-6-19-9-14/h2,4,6,8-10H,3,5,7,11-12H2,1H3. The van der Waals surface area contributed by atoms with E-state index in [4.69, 9.17) is 4.52 Å². The molecule has 0 radical (unpaired) electrons. The number of halogens is 1. The van der Waals surface area contributed by atoms with Gasteiger partial charge in [0.15, 0.2) is 0 Å². The van der Waals surface area contributed by atoms with E-state index < -0.39 is 5.67 Å². The lowest BCUT2D eigenvalue weighted by molar-refractivity contribution is 0.0124. The van der Waals surface area contributed by atoms with Crippen LogP contribution in [0.15, 0.2) is 41.4 Å². The molecule has 0 N–H and O–H groups in total. The summed E-state index contributed by atoms with van der Waals surface area (Å²) in [7, 11) is 1.87. The van der Waals surface area contributed by atoms with Crippen molar-refractivity contribution in [2.45, 2.75) is 25.1 Å². The molecule has 0 saturated carbocycles. The molecule has 3 aromatic rings. The third-order valence-corrected chi connectivity index (χ3v) is 4.42. The zero-order valence-corrected chi connectivity index (χ0v) is 14.0. The Morgan fingerprint density at radius 1 is 1.36 bits per heavy atom. The van der Waals surface area contributed by atoms with Gasteiger partial charge in [0.2, 0.25) is 11.5 Å². The smallest absolute Gasteiger partial charge is 0.265 e. The highest BCUT2D eigenvalue weighted by Gasteiger charge is 2.42. The van der Waals surface area contributed by atoms with Crippen molar-refractivity contribution in [3.8, 4) is 11.4 Å². The maximum Gasteiger partial charge on any atom is 0.265 e. The van der Waals surface area contributed by atoms with Crippen LogP contribution in [-0.4, -0.2) is 42.9 Å². The predicted molar refractivity (Wildman–Crippen MR) is 88.0 cm³/mol. The molecule has 0 bridgehead atoms. The second-order valence-electron chi connectivity index (χ2n) is 6.47. The Hall–Kier alpha value is -2.61. The minimum absolute atomic E-state index is 0.0437.